The summed E-state index contributed by atoms with van der Waals surface area (Å²) in [4.78, 5) is 24.1. The maximum atomic E-state index is 12.2. The van der Waals surface area contributed by atoms with Gasteiger partial charge in [0, 0.05) is 5.02 Å². The van der Waals surface area contributed by atoms with E-state index >= 15 is 0 Å². The zero-order valence-corrected chi connectivity index (χ0v) is 15.4. The number of para-hydroxylation sites is 1. The van der Waals surface area contributed by atoms with Gasteiger partial charge < -0.3 is 9.47 Å². The molecule has 0 atom stereocenters. The SMILES string of the molecule is CCCOc1ccccc1C(=O)NNC(=O)COc1ccc(Cl)c(C)c1. The lowest BCUT2D eigenvalue weighted by molar-refractivity contribution is -0.123. The van der Waals surface area contributed by atoms with E-state index in [0.29, 0.717) is 28.7 Å². The zero-order valence-electron chi connectivity index (χ0n) is 14.7. The minimum absolute atomic E-state index is 0.241. The molecule has 0 aromatic heterocycles. The van der Waals surface area contributed by atoms with E-state index in [2.05, 4.69) is 10.9 Å². The summed E-state index contributed by atoms with van der Waals surface area (Å²) in [6.45, 7) is 4.08. The molecule has 0 aliphatic carbocycles. The third kappa shape index (κ3) is 5.67. The maximum absolute atomic E-state index is 12.2. The predicted octanol–water partition coefficient (Wildman–Crippen LogP) is 3.28. The summed E-state index contributed by atoms with van der Waals surface area (Å²) in [5, 5.41) is 0.623. The van der Waals surface area contributed by atoms with Crippen molar-refractivity contribution >= 4 is 23.4 Å². The fraction of sp³-hybridized carbons (Fsp3) is 0.263. The van der Waals surface area contributed by atoms with E-state index in [-0.39, 0.29) is 6.61 Å². The molecule has 2 amide bonds. The average molecular weight is 377 g/mol. The van der Waals surface area contributed by atoms with Crippen LogP contribution in [0.2, 0.25) is 5.02 Å². The number of halogens is 1. The first-order valence-corrected chi connectivity index (χ1v) is 8.59. The molecule has 6 nitrogen and oxygen atoms in total. The van der Waals surface area contributed by atoms with Crippen molar-refractivity contribution in [1.82, 2.24) is 10.9 Å². The van der Waals surface area contributed by atoms with Gasteiger partial charge in [0.1, 0.15) is 11.5 Å². The number of hydrogen-bond donors (Lipinski definition) is 2. The Hall–Kier alpha value is -2.73. The molecule has 2 aromatic carbocycles. The van der Waals surface area contributed by atoms with Crippen LogP contribution in [0, 0.1) is 6.92 Å². The largest absolute Gasteiger partial charge is 0.493 e. The predicted molar refractivity (Wildman–Crippen MR) is 99.5 cm³/mol. The molecule has 0 fully saturated rings. The highest BCUT2D eigenvalue weighted by atomic mass is 35.5. The highest BCUT2D eigenvalue weighted by Gasteiger charge is 2.13. The second-order valence-corrected chi connectivity index (χ2v) is 5.95. The van der Waals surface area contributed by atoms with Crippen molar-refractivity contribution in [2.75, 3.05) is 13.2 Å². The number of nitrogens with one attached hydrogen (secondary N) is 2. The third-order valence-corrected chi connectivity index (χ3v) is 3.83. The van der Waals surface area contributed by atoms with Crippen molar-refractivity contribution in [2.45, 2.75) is 20.3 Å². The fourth-order valence-corrected chi connectivity index (χ4v) is 2.20. The number of ether oxygens (including phenoxy) is 2. The van der Waals surface area contributed by atoms with Crippen molar-refractivity contribution < 1.29 is 19.1 Å². The van der Waals surface area contributed by atoms with Crippen LogP contribution in [-0.2, 0) is 4.79 Å². The standard InChI is InChI=1S/C19H21ClN2O4/c1-3-10-25-17-7-5-4-6-15(17)19(24)22-21-18(23)12-26-14-8-9-16(20)13(2)11-14/h4-9,11H,3,10,12H2,1-2H3,(H,21,23)(H,22,24). The molecule has 26 heavy (non-hydrogen) atoms. The number of benzene rings is 2. The molecule has 0 heterocycles. The summed E-state index contributed by atoms with van der Waals surface area (Å²) >= 11 is 5.94. The van der Waals surface area contributed by atoms with Gasteiger partial charge in [0.05, 0.1) is 12.2 Å². The lowest BCUT2D eigenvalue weighted by Crippen LogP contribution is -2.43. The first-order chi connectivity index (χ1) is 12.5. The Kier molecular flexibility index (Phi) is 7.29. The topological polar surface area (TPSA) is 76.7 Å². The highest BCUT2D eigenvalue weighted by Crippen LogP contribution is 2.21. The second kappa shape index (κ2) is 9.68. The number of aryl methyl sites for hydroxylation is 1. The van der Waals surface area contributed by atoms with Gasteiger partial charge in [-0.15, -0.1) is 0 Å². The van der Waals surface area contributed by atoms with Gasteiger partial charge in [-0.25, -0.2) is 0 Å². The van der Waals surface area contributed by atoms with Gasteiger partial charge in [0.25, 0.3) is 11.8 Å². The molecule has 0 aliphatic heterocycles. The van der Waals surface area contributed by atoms with E-state index in [0.717, 1.165) is 12.0 Å². The molecule has 2 rings (SSSR count). The molecule has 7 heteroatoms. The minimum atomic E-state index is -0.488. The van der Waals surface area contributed by atoms with E-state index in [4.69, 9.17) is 21.1 Å². The van der Waals surface area contributed by atoms with Crippen LogP contribution in [0.5, 0.6) is 11.5 Å². The molecule has 2 N–H and O–H groups in total. The van der Waals surface area contributed by atoms with Crippen LogP contribution in [0.4, 0.5) is 0 Å². The van der Waals surface area contributed by atoms with Crippen LogP contribution in [0.15, 0.2) is 42.5 Å². The van der Waals surface area contributed by atoms with E-state index in [1.807, 2.05) is 13.8 Å². The van der Waals surface area contributed by atoms with E-state index < -0.39 is 11.8 Å². The lowest BCUT2D eigenvalue weighted by Gasteiger charge is -2.12. The number of hydrogen-bond acceptors (Lipinski definition) is 4. The number of hydrazine groups is 1. The highest BCUT2D eigenvalue weighted by molar-refractivity contribution is 6.31. The molecule has 0 aliphatic rings. The number of amides is 2. The summed E-state index contributed by atoms with van der Waals surface area (Å²) in [6.07, 6.45) is 0.828. The van der Waals surface area contributed by atoms with Gasteiger partial charge in [-0.1, -0.05) is 30.7 Å². The van der Waals surface area contributed by atoms with Gasteiger partial charge in [0.15, 0.2) is 6.61 Å². The Morgan fingerprint density at radius 2 is 1.85 bits per heavy atom. The van der Waals surface area contributed by atoms with Crippen molar-refractivity contribution in [1.29, 1.82) is 0 Å². The normalized spacial score (nSPS) is 10.1. The number of rotatable bonds is 7. The van der Waals surface area contributed by atoms with E-state index in [9.17, 15) is 9.59 Å². The van der Waals surface area contributed by atoms with Crippen molar-refractivity contribution in [3.05, 3.63) is 58.6 Å². The first-order valence-electron chi connectivity index (χ1n) is 8.21. The molecule has 138 valence electrons. The fourth-order valence-electron chi connectivity index (χ4n) is 2.08. The van der Waals surface area contributed by atoms with Gasteiger partial charge >= 0.3 is 0 Å². The molecule has 0 radical (unpaired) electrons. The van der Waals surface area contributed by atoms with Crippen LogP contribution in [0.25, 0.3) is 0 Å². The third-order valence-electron chi connectivity index (χ3n) is 3.41. The molecule has 2 aromatic rings. The summed E-state index contributed by atoms with van der Waals surface area (Å²) in [5.41, 5.74) is 5.86. The Morgan fingerprint density at radius 3 is 2.58 bits per heavy atom. The van der Waals surface area contributed by atoms with Gasteiger partial charge in [0.2, 0.25) is 0 Å². The zero-order chi connectivity index (χ0) is 18.9. The summed E-state index contributed by atoms with van der Waals surface area (Å²) in [5.74, 6) is 0.0333. The monoisotopic (exact) mass is 376 g/mol. The van der Waals surface area contributed by atoms with Crippen molar-refractivity contribution in [3.63, 3.8) is 0 Å². The second-order valence-electron chi connectivity index (χ2n) is 5.55. The number of carbonyl (C=O) groups is 2. The minimum Gasteiger partial charge on any atom is -0.493 e. The van der Waals surface area contributed by atoms with E-state index in [1.165, 1.54) is 0 Å². The Morgan fingerprint density at radius 1 is 1.08 bits per heavy atom. The average Bonchev–Trinajstić information content (AvgIpc) is 2.65. The van der Waals surface area contributed by atoms with E-state index in [1.54, 1.807) is 42.5 Å². The van der Waals surface area contributed by atoms with Crippen LogP contribution in [0.1, 0.15) is 29.3 Å². The van der Waals surface area contributed by atoms with Crippen LogP contribution in [-0.4, -0.2) is 25.0 Å². The molecule has 0 unspecified atom stereocenters. The lowest BCUT2D eigenvalue weighted by atomic mass is 10.2. The summed E-state index contributed by atoms with van der Waals surface area (Å²) < 4.78 is 10.9. The quantitative estimate of drug-likeness (QED) is 0.727. The molecular formula is C19H21ClN2O4. The van der Waals surface area contributed by atoms with Gasteiger partial charge in [-0.3, -0.25) is 20.4 Å². The smallest absolute Gasteiger partial charge is 0.276 e. The summed E-state index contributed by atoms with van der Waals surface area (Å²) in [7, 11) is 0. The number of carbonyl (C=O) groups excluding carboxylic acids is 2. The van der Waals surface area contributed by atoms with Gasteiger partial charge in [-0.2, -0.15) is 0 Å². The Bertz CT molecular complexity index is 780. The van der Waals surface area contributed by atoms with Crippen molar-refractivity contribution in [3.8, 4) is 11.5 Å². The van der Waals surface area contributed by atoms with Crippen LogP contribution >= 0.6 is 11.6 Å². The Balaban J connectivity index is 1.85. The molecule has 0 spiro atoms. The van der Waals surface area contributed by atoms with Crippen LogP contribution in [0.3, 0.4) is 0 Å². The maximum Gasteiger partial charge on any atom is 0.276 e. The van der Waals surface area contributed by atoms with Crippen LogP contribution < -0.4 is 20.3 Å². The van der Waals surface area contributed by atoms with Gasteiger partial charge in [-0.05, 0) is 49.2 Å². The van der Waals surface area contributed by atoms with Crippen molar-refractivity contribution in [2.24, 2.45) is 0 Å². The molecule has 0 saturated carbocycles. The molecule has 0 saturated heterocycles. The molecule has 0 bridgehead atoms. The Labute approximate surface area is 157 Å². The summed E-state index contributed by atoms with van der Waals surface area (Å²) in [6, 6.07) is 11.9. The first kappa shape index (κ1) is 19.6. The molecular weight excluding hydrogens is 356 g/mol.